The number of hydrogen-bond donors (Lipinski definition) is 1. The molecule has 0 atom stereocenters. The highest BCUT2D eigenvalue weighted by atomic mass is 19.1. The summed E-state index contributed by atoms with van der Waals surface area (Å²) in [6.45, 7) is 7.64. The van der Waals surface area contributed by atoms with Crippen LogP contribution in [0.5, 0.6) is 0 Å². The molecule has 2 heterocycles. The van der Waals surface area contributed by atoms with Crippen LogP contribution < -0.4 is 5.32 Å². The van der Waals surface area contributed by atoms with Crippen LogP contribution in [-0.2, 0) is 0 Å². The van der Waals surface area contributed by atoms with Crippen molar-refractivity contribution in [3.05, 3.63) is 59.5 Å². The number of carbonyl (C=O) groups is 1. The van der Waals surface area contributed by atoms with E-state index in [1.165, 1.54) is 23.3 Å². The van der Waals surface area contributed by atoms with Gasteiger partial charge in [-0.15, -0.1) is 0 Å². The molecule has 5 nitrogen and oxygen atoms in total. The number of fused-ring (bicyclic) bond motifs is 1. The van der Waals surface area contributed by atoms with Crippen molar-refractivity contribution >= 4 is 16.9 Å². The molecule has 1 aliphatic heterocycles. The Kier molecular flexibility index (Phi) is 5.26. The van der Waals surface area contributed by atoms with Gasteiger partial charge in [-0.1, -0.05) is 0 Å². The fraction of sp³-hybridized carbons (Fsp3) is 0.391. The maximum absolute atomic E-state index is 13.2. The normalized spacial score (nSPS) is 15.3. The van der Waals surface area contributed by atoms with E-state index in [4.69, 9.17) is 0 Å². The van der Waals surface area contributed by atoms with Crippen LogP contribution in [0.25, 0.3) is 16.6 Å². The highest BCUT2D eigenvalue weighted by Crippen LogP contribution is 2.33. The van der Waals surface area contributed by atoms with Crippen molar-refractivity contribution < 1.29 is 9.18 Å². The van der Waals surface area contributed by atoms with Crippen molar-refractivity contribution in [2.24, 2.45) is 0 Å². The molecule has 1 aromatic heterocycles. The van der Waals surface area contributed by atoms with Gasteiger partial charge in [0.15, 0.2) is 0 Å². The van der Waals surface area contributed by atoms with Crippen LogP contribution in [0, 0.1) is 12.7 Å². The molecular weight excluding hydrogens is 367 g/mol. The maximum Gasteiger partial charge on any atom is 0.317 e. The molecular formula is C23H27FN4O. The summed E-state index contributed by atoms with van der Waals surface area (Å²) in [6.07, 6.45) is 3.79. The molecule has 2 amide bonds. The summed E-state index contributed by atoms with van der Waals surface area (Å²) in [5, 5.41) is 8.57. The summed E-state index contributed by atoms with van der Waals surface area (Å²) in [6, 6.07) is 11.0. The number of hydrogen-bond acceptors (Lipinski definition) is 2. The van der Waals surface area contributed by atoms with Crippen molar-refractivity contribution in [3.8, 4) is 5.69 Å². The lowest BCUT2D eigenvalue weighted by Gasteiger charge is -2.33. The van der Waals surface area contributed by atoms with Crippen LogP contribution in [0.4, 0.5) is 9.18 Å². The Balaban J connectivity index is 1.55. The molecule has 0 unspecified atom stereocenters. The number of carbonyl (C=O) groups excluding carboxylic acids is 1. The van der Waals surface area contributed by atoms with Crippen molar-refractivity contribution in [1.82, 2.24) is 20.0 Å². The lowest BCUT2D eigenvalue weighted by Crippen LogP contribution is -2.46. The number of rotatable bonds is 3. The number of benzene rings is 2. The first kappa shape index (κ1) is 19.4. The molecule has 152 valence electrons. The quantitative estimate of drug-likeness (QED) is 0.696. The largest absolute Gasteiger partial charge is 0.336 e. The minimum absolute atomic E-state index is 0.0335. The average molecular weight is 394 g/mol. The van der Waals surface area contributed by atoms with Crippen LogP contribution >= 0.6 is 0 Å². The standard InChI is InChI=1S/C23H27FN4O/c1-15(2)26-23(29)27-10-8-17(9-11-27)21-13-18-14-25-28(22(18)12-16(21)3)20-6-4-19(24)5-7-20/h4-7,12-15,17H,8-11H2,1-3H3,(H,26,29). The van der Waals surface area contributed by atoms with Gasteiger partial charge in [-0.3, -0.25) is 0 Å². The van der Waals surface area contributed by atoms with Crippen molar-refractivity contribution in [1.29, 1.82) is 0 Å². The van der Waals surface area contributed by atoms with Gasteiger partial charge < -0.3 is 10.2 Å². The highest BCUT2D eigenvalue weighted by molar-refractivity contribution is 5.82. The van der Waals surface area contributed by atoms with E-state index in [1.54, 1.807) is 12.1 Å². The summed E-state index contributed by atoms with van der Waals surface area (Å²) in [7, 11) is 0. The first-order chi connectivity index (χ1) is 13.9. The van der Waals surface area contributed by atoms with Gasteiger partial charge in [0.05, 0.1) is 17.4 Å². The summed E-state index contributed by atoms with van der Waals surface area (Å²) in [4.78, 5) is 14.1. The van der Waals surface area contributed by atoms with Gasteiger partial charge in [0.2, 0.25) is 0 Å². The third kappa shape index (κ3) is 3.97. The second-order valence-electron chi connectivity index (χ2n) is 8.17. The topological polar surface area (TPSA) is 50.2 Å². The molecule has 0 saturated carbocycles. The monoisotopic (exact) mass is 394 g/mol. The van der Waals surface area contributed by atoms with Crippen molar-refractivity contribution in [3.63, 3.8) is 0 Å². The molecule has 2 aromatic carbocycles. The van der Waals surface area contributed by atoms with Gasteiger partial charge in [-0.05, 0) is 87.1 Å². The summed E-state index contributed by atoms with van der Waals surface area (Å²) in [5.41, 5.74) is 4.43. The minimum atomic E-state index is -0.253. The molecule has 29 heavy (non-hydrogen) atoms. The molecule has 0 radical (unpaired) electrons. The Bertz CT molecular complexity index is 1020. The highest BCUT2D eigenvalue weighted by Gasteiger charge is 2.25. The zero-order valence-electron chi connectivity index (χ0n) is 17.2. The van der Waals surface area contributed by atoms with Crippen LogP contribution in [0.1, 0.15) is 43.7 Å². The Morgan fingerprint density at radius 3 is 2.52 bits per heavy atom. The molecule has 1 N–H and O–H groups in total. The third-order valence-corrected chi connectivity index (χ3v) is 5.66. The van der Waals surface area contributed by atoms with Crippen LogP contribution in [0.3, 0.4) is 0 Å². The number of likely N-dealkylation sites (tertiary alicyclic amines) is 1. The average Bonchev–Trinajstić information content (AvgIpc) is 3.10. The van der Waals surface area contributed by atoms with E-state index in [9.17, 15) is 9.18 Å². The van der Waals surface area contributed by atoms with Gasteiger partial charge >= 0.3 is 6.03 Å². The van der Waals surface area contributed by atoms with Gasteiger partial charge in [0.1, 0.15) is 5.82 Å². The second-order valence-corrected chi connectivity index (χ2v) is 8.17. The zero-order chi connectivity index (χ0) is 20.5. The summed E-state index contributed by atoms with van der Waals surface area (Å²) < 4.78 is 15.1. The molecule has 0 bridgehead atoms. The predicted octanol–water partition coefficient (Wildman–Crippen LogP) is 4.77. The molecule has 3 aromatic rings. The lowest BCUT2D eigenvalue weighted by atomic mass is 9.86. The number of piperidine rings is 1. The van der Waals surface area contributed by atoms with E-state index in [1.807, 2.05) is 29.6 Å². The Morgan fingerprint density at radius 2 is 1.86 bits per heavy atom. The number of amides is 2. The molecule has 0 spiro atoms. The molecule has 1 fully saturated rings. The third-order valence-electron chi connectivity index (χ3n) is 5.66. The smallest absolute Gasteiger partial charge is 0.317 e. The molecule has 6 heteroatoms. The van der Waals surface area contributed by atoms with E-state index in [2.05, 4.69) is 29.5 Å². The Morgan fingerprint density at radius 1 is 1.17 bits per heavy atom. The van der Waals surface area contributed by atoms with Crippen LogP contribution in [-0.4, -0.2) is 39.8 Å². The molecule has 1 saturated heterocycles. The van der Waals surface area contributed by atoms with Crippen molar-refractivity contribution in [2.75, 3.05) is 13.1 Å². The SMILES string of the molecule is Cc1cc2c(cnn2-c2ccc(F)cc2)cc1C1CCN(C(=O)NC(C)C)CC1. The number of nitrogens with one attached hydrogen (secondary N) is 1. The molecule has 4 rings (SSSR count). The summed E-state index contributed by atoms with van der Waals surface area (Å²) >= 11 is 0. The number of halogens is 1. The first-order valence-electron chi connectivity index (χ1n) is 10.2. The van der Waals surface area contributed by atoms with Gasteiger partial charge in [-0.2, -0.15) is 5.10 Å². The number of urea groups is 1. The Hall–Kier alpha value is -2.89. The van der Waals surface area contributed by atoms with Crippen LogP contribution in [0.15, 0.2) is 42.6 Å². The predicted molar refractivity (Wildman–Crippen MR) is 113 cm³/mol. The van der Waals surface area contributed by atoms with E-state index >= 15 is 0 Å². The number of aryl methyl sites for hydroxylation is 1. The van der Waals surface area contributed by atoms with E-state index in [0.717, 1.165) is 42.5 Å². The summed E-state index contributed by atoms with van der Waals surface area (Å²) in [5.74, 6) is 0.189. The van der Waals surface area contributed by atoms with Gasteiger partial charge in [0, 0.05) is 24.5 Å². The van der Waals surface area contributed by atoms with Gasteiger partial charge in [-0.25, -0.2) is 13.9 Å². The fourth-order valence-electron chi connectivity index (χ4n) is 4.16. The molecule has 1 aliphatic rings. The van der Waals surface area contributed by atoms with E-state index in [-0.39, 0.29) is 17.9 Å². The van der Waals surface area contributed by atoms with E-state index in [0.29, 0.717) is 5.92 Å². The minimum Gasteiger partial charge on any atom is -0.336 e. The number of aromatic nitrogens is 2. The van der Waals surface area contributed by atoms with Crippen LogP contribution in [0.2, 0.25) is 0 Å². The molecule has 0 aliphatic carbocycles. The first-order valence-corrected chi connectivity index (χ1v) is 10.2. The Labute approximate surface area is 170 Å². The maximum atomic E-state index is 13.2. The second kappa shape index (κ2) is 7.85. The fourth-order valence-corrected chi connectivity index (χ4v) is 4.16. The van der Waals surface area contributed by atoms with E-state index < -0.39 is 0 Å². The zero-order valence-corrected chi connectivity index (χ0v) is 17.2. The lowest BCUT2D eigenvalue weighted by molar-refractivity contribution is 0.179. The number of nitrogens with zero attached hydrogens (tertiary/aromatic N) is 3. The van der Waals surface area contributed by atoms with Gasteiger partial charge in [0.25, 0.3) is 0 Å². The van der Waals surface area contributed by atoms with Crippen molar-refractivity contribution in [2.45, 2.75) is 45.6 Å².